The molecule has 0 spiro atoms. The number of allylic oxidation sites excluding steroid dienone is 1. The molecule has 7 nitrogen and oxygen atoms in total. The fourth-order valence-electron chi connectivity index (χ4n) is 3.97. The quantitative estimate of drug-likeness (QED) is 0.451. The minimum atomic E-state index is -1.54. The number of methoxy groups -OCH3 is 1. The molecule has 0 aliphatic carbocycles. The largest absolute Gasteiger partial charge is 0.507 e. The van der Waals surface area contributed by atoms with E-state index in [2.05, 4.69) is 6.58 Å². The molecule has 4 N–H and O–H groups in total. The van der Waals surface area contributed by atoms with Crippen molar-refractivity contribution in [2.45, 2.75) is 18.1 Å². The van der Waals surface area contributed by atoms with E-state index in [-0.39, 0.29) is 34.1 Å². The molecule has 0 saturated carbocycles. The lowest BCUT2D eigenvalue weighted by Gasteiger charge is -2.31. The zero-order valence-electron chi connectivity index (χ0n) is 17.2. The van der Waals surface area contributed by atoms with Crippen LogP contribution in [0.25, 0.3) is 0 Å². The van der Waals surface area contributed by atoms with Gasteiger partial charge in [-0.15, -0.1) is 6.58 Å². The number of Topliss-reactive ketones (excluding diaryl/α,β-unsaturated/α-hetero) is 1. The van der Waals surface area contributed by atoms with E-state index in [0.29, 0.717) is 11.1 Å². The molecule has 3 aromatic carbocycles. The Morgan fingerprint density at radius 3 is 2.44 bits per heavy atom. The van der Waals surface area contributed by atoms with Gasteiger partial charge in [-0.05, 0) is 23.3 Å². The number of rotatable bonds is 5. The Bertz CT molecular complexity index is 1190. The molecular weight excluding hydrogens is 412 g/mol. The minimum Gasteiger partial charge on any atom is -0.507 e. The van der Waals surface area contributed by atoms with Crippen LogP contribution >= 0.6 is 0 Å². The number of benzene rings is 3. The molecule has 1 aliphatic heterocycles. The zero-order valence-corrected chi connectivity index (χ0v) is 17.2. The van der Waals surface area contributed by atoms with Crippen LogP contribution in [0.2, 0.25) is 0 Å². The smallest absolute Gasteiger partial charge is 0.202 e. The third-order valence-corrected chi connectivity index (χ3v) is 5.58. The van der Waals surface area contributed by atoms with Gasteiger partial charge in [0.05, 0.1) is 7.11 Å². The second-order valence-electron chi connectivity index (χ2n) is 7.43. The summed E-state index contributed by atoms with van der Waals surface area (Å²) in [5.74, 6) is -2.18. The van der Waals surface area contributed by atoms with Gasteiger partial charge in [-0.1, -0.05) is 42.5 Å². The van der Waals surface area contributed by atoms with E-state index in [1.54, 1.807) is 42.5 Å². The van der Waals surface area contributed by atoms with E-state index >= 15 is 0 Å². The van der Waals surface area contributed by atoms with Crippen molar-refractivity contribution >= 4 is 5.78 Å². The van der Waals surface area contributed by atoms with Crippen molar-refractivity contribution in [3.05, 3.63) is 89.5 Å². The summed E-state index contributed by atoms with van der Waals surface area (Å²) < 4.78 is 11.0. The monoisotopic (exact) mass is 434 g/mol. The number of phenolic OH excluding ortho intramolecular Hbond substituents is 3. The first-order chi connectivity index (χ1) is 15.4. The number of hydrogen-bond acceptors (Lipinski definition) is 7. The van der Waals surface area contributed by atoms with Gasteiger partial charge in [-0.25, -0.2) is 0 Å². The molecular formula is C25H22O7. The molecule has 0 bridgehead atoms. The summed E-state index contributed by atoms with van der Waals surface area (Å²) in [6.45, 7) is 3.78. The van der Waals surface area contributed by atoms with E-state index in [1.165, 1.54) is 25.3 Å². The third-order valence-electron chi connectivity index (χ3n) is 5.58. The normalized spacial score (nSPS) is 18.4. The van der Waals surface area contributed by atoms with Gasteiger partial charge >= 0.3 is 0 Å². The molecule has 0 amide bonds. The standard InChI is InChI=1S/C25H22O7/c1-3-15(14-9-10-16(26)18(11-14)31-2)20-17(27)12-19-21(22(20)28)23(29)24(30)25(32-19)13-7-5-4-6-8-13/h3-12,15,24-28,30H,1H2,2H3/t15?,24-,25+/m0/s1. The molecule has 0 radical (unpaired) electrons. The summed E-state index contributed by atoms with van der Waals surface area (Å²) >= 11 is 0. The Kier molecular flexibility index (Phi) is 5.50. The maximum absolute atomic E-state index is 13.0. The van der Waals surface area contributed by atoms with Gasteiger partial charge < -0.3 is 29.9 Å². The number of fused-ring (bicyclic) bond motifs is 1. The Balaban J connectivity index is 1.82. The molecule has 32 heavy (non-hydrogen) atoms. The number of aromatic hydroxyl groups is 3. The van der Waals surface area contributed by atoms with Crippen molar-refractivity contribution in [1.29, 1.82) is 0 Å². The van der Waals surface area contributed by atoms with E-state index in [9.17, 15) is 25.2 Å². The lowest BCUT2D eigenvalue weighted by atomic mass is 9.85. The summed E-state index contributed by atoms with van der Waals surface area (Å²) in [6, 6.07) is 14.5. The predicted molar refractivity (Wildman–Crippen MR) is 117 cm³/mol. The lowest BCUT2D eigenvalue weighted by molar-refractivity contribution is 0.0210. The number of phenols is 3. The number of ether oxygens (including phenoxy) is 2. The highest BCUT2D eigenvalue weighted by molar-refractivity contribution is 6.06. The SMILES string of the molecule is C=CC(c1ccc(O)c(OC)c1)c1c(O)cc2c(c1O)C(=O)[C@H](O)[C@@H](c1ccccc1)O2. The molecule has 1 unspecified atom stereocenters. The number of carbonyl (C=O) groups is 1. The van der Waals surface area contributed by atoms with Gasteiger partial charge in [0.2, 0.25) is 5.78 Å². The van der Waals surface area contributed by atoms with Crippen molar-refractivity contribution in [2.75, 3.05) is 7.11 Å². The summed E-state index contributed by atoms with van der Waals surface area (Å²) in [7, 11) is 1.40. The lowest BCUT2D eigenvalue weighted by Crippen LogP contribution is -2.36. The van der Waals surface area contributed by atoms with Crippen LogP contribution in [0.5, 0.6) is 28.7 Å². The number of carbonyl (C=O) groups excluding carboxylic acids is 1. The first-order valence-corrected chi connectivity index (χ1v) is 9.89. The van der Waals surface area contributed by atoms with Gasteiger partial charge in [0.25, 0.3) is 0 Å². The van der Waals surface area contributed by atoms with Crippen LogP contribution in [-0.2, 0) is 0 Å². The molecule has 1 heterocycles. The molecule has 3 aromatic rings. The number of aliphatic hydroxyl groups excluding tert-OH is 1. The number of hydrogen-bond donors (Lipinski definition) is 4. The maximum atomic E-state index is 13.0. The summed E-state index contributed by atoms with van der Waals surface area (Å²) in [5, 5.41) is 42.3. The fraction of sp³-hybridized carbons (Fsp3) is 0.160. The second-order valence-corrected chi connectivity index (χ2v) is 7.43. The van der Waals surface area contributed by atoms with E-state index in [1.807, 2.05) is 0 Å². The van der Waals surface area contributed by atoms with Crippen LogP contribution in [0, 0.1) is 0 Å². The second kappa shape index (κ2) is 8.28. The first kappa shape index (κ1) is 21.3. The summed E-state index contributed by atoms with van der Waals surface area (Å²) in [6.07, 6.45) is -1.04. The van der Waals surface area contributed by atoms with Crippen molar-refractivity contribution in [3.8, 4) is 28.7 Å². The molecule has 0 aromatic heterocycles. The van der Waals surface area contributed by atoms with Crippen molar-refractivity contribution in [3.63, 3.8) is 0 Å². The van der Waals surface area contributed by atoms with Crippen molar-refractivity contribution < 1.29 is 34.7 Å². The number of aliphatic hydroxyl groups is 1. The Labute approximate surface area is 184 Å². The van der Waals surface area contributed by atoms with Crippen molar-refractivity contribution in [1.82, 2.24) is 0 Å². The predicted octanol–water partition coefficient (Wildman–Crippen LogP) is 3.81. The van der Waals surface area contributed by atoms with Gasteiger partial charge in [0, 0.05) is 17.5 Å². The fourth-order valence-corrected chi connectivity index (χ4v) is 3.97. The molecule has 0 saturated heterocycles. The molecule has 3 atom stereocenters. The van der Waals surface area contributed by atoms with Gasteiger partial charge in [0.1, 0.15) is 22.8 Å². The van der Waals surface area contributed by atoms with Crippen LogP contribution in [0.1, 0.15) is 39.1 Å². The first-order valence-electron chi connectivity index (χ1n) is 9.89. The van der Waals surface area contributed by atoms with Crippen molar-refractivity contribution in [2.24, 2.45) is 0 Å². The van der Waals surface area contributed by atoms with Crippen LogP contribution in [-0.4, -0.2) is 39.4 Å². The molecule has 164 valence electrons. The topological polar surface area (TPSA) is 116 Å². The Morgan fingerprint density at radius 1 is 1.06 bits per heavy atom. The maximum Gasteiger partial charge on any atom is 0.202 e. The van der Waals surface area contributed by atoms with Crippen LogP contribution in [0.3, 0.4) is 0 Å². The molecule has 0 fully saturated rings. The minimum absolute atomic E-state index is 0.0220. The molecule has 4 rings (SSSR count). The highest BCUT2D eigenvalue weighted by atomic mass is 16.5. The van der Waals surface area contributed by atoms with Crippen LogP contribution in [0.15, 0.2) is 67.3 Å². The van der Waals surface area contributed by atoms with Crippen LogP contribution in [0.4, 0.5) is 0 Å². The average Bonchev–Trinajstić information content (AvgIpc) is 2.79. The zero-order chi connectivity index (χ0) is 23.0. The third kappa shape index (κ3) is 3.42. The average molecular weight is 434 g/mol. The van der Waals surface area contributed by atoms with E-state index in [0.717, 1.165) is 0 Å². The van der Waals surface area contributed by atoms with Crippen LogP contribution < -0.4 is 9.47 Å². The summed E-state index contributed by atoms with van der Waals surface area (Å²) in [5.41, 5.74) is 0.943. The highest BCUT2D eigenvalue weighted by Crippen LogP contribution is 2.49. The molecule has 1 aliphatic rings. The molecule has 7 heteroatoms. The summed E-state index contributed by atoms with van der Waals surface area (Å²) in [4.78, 5) is 13.0. The Hall–Kier alpha value is -3.97. The van der Waals surface area contributed by atoms with Gasteiger partial charge in [-0.2, -0.15) is 0 Å². The highest BCUT2D eigenvalue weighted by Gasteiger charge is 2.40. The van der Waals surface area contributed by atoms with Gasteiger partial charge in [-0.3, -0.25) is 4.79 Å². The van der Waals surface area contributed by atoms with Gasteiger partial charge in [0.15, 0.2) is 23.7 Å². The van der Waals surface area contributed by atoms with E-state index < -0.39 is 29.7 Å². The van der Waals surface area contributed by atoms with E-state index in [4.69, 9.17) is 9.47 Å². The Morgan fingerprint density at radius 2 is 1.78 bits per heavy atom. The number of ketones is 1.